The molecule has 7 heteroatoms. The van der Waals surface area contributed by atoms with Crippen molar-refractivity contribution < 1.29 is 14.6 Å². The fourth-order valence-corrected chi connectivity index (χ4v) is 3.36. The van der Waals surface area contributed by atoms with E-state index in [-0.39, 0.29) is 12.5 Å². The fraction of sp³-hybridized carbons (Fsp3) is 0.421. The number of anilines is 1. The predicted molar refractivity (Wildman–Crippen MR) is 98.4 cm³/mol. The van der Waals surface area contributed by atoms with Crippen LogP contribution in [-0.2, 0) is 0 Å². The second-order valence-corrected chi connectivity index (χ2v) is 6.70. The molecule has 1 fully saturated rings. The Morgan fingerprint density at radius 1 is 1.35 bits per heavy atom. The Kier molecular flexibility index (Phi) is 5.37. The lowest BCUT2D eigenvalue weighted by Gasteiger charge is -2.41. The summed E-state index contributed by atoms with van der Waals surface area (Å²) in [6.45, 7) is 1.50. The summed E-state index contributed by atoms with van der Waals surface area (Å²) in [5.74, 6) is 1.32. The van der Waals surface area contributed by atoms with E-state index in [9.17, 15) is 9.90 Å². The van der Waals surface area contributed by atoms with Gasteiger partial charge in [-0.05, 0) is 37.1 Å². The molecule has 2 aromatic rings. The molecule has 1 amide bonds. The summed E-state index contributed by atoms with van der Waals surface area (Å²) in [6.07, 6.45) is 6.43. The number of amides is 1. The minimum Gasteiger partial charge on any atom is -0.497 e. The van der Waals surface area contributed by atoms with Gasteiger partial charge in [-0.2, -0.15) is 0 Å². The number of ether oxygens (including phenoxy) is 1. The first-order chi connectivity index (χ1) is 12.5. The topological polar surface area (TPSA) is 78.8 Å². The van der Waals surface area contributed by atoms with Crippen LogP contribution in [0.3, 0.4) is 0 Å². The highest BCUT2D eigenvalue weighted by Gasteiger charge is 2.36. The number of methoxy groups -OCH3 is 1. The van der Waals surface area contributed by atoms with Gasteiger partial charge in [0.15, 0.2) is 0 Å². The molecular weight excluding hydrogens is 332 g/mol. The summed E-state index contributed by atoms with van der Waals surface area (Å²) in [7, 11) is 3.30. The Balaban J connectivity index is 1.66. The Morgan fingerprint density at radius 2 is 2.12 bits per heavy atom. The summed E-state index contributed by atoms with van der Waals surface area (Å²) in [5.41, 5.74) is -0.411. The number of β-amino-alcohol motifs (C(OH)–C–C–N with tert-alkyl or cyclic N) is 1. The summed E-state index contributed by atoms with van der Waals surface area (Å²) >= 11 is 0. The molecule has 2 heterocycles. The molecule has 1 aromatic heterocycles. The van der Waals surface area contributed by atoms with E-state index in [0.29, 0.717) is 24.3 Å². The maximum atomic E-state index is 12.6. The van der Waals surface area contributed by atoms with Crippen molar-refractivity contribution >= 4 is 11.7 Å². The predicted octanol–water partition coefficient (Wildman–Crippen LogP) is 1.59. The first-order valence-electron chi connectivity index (χ1n) is 8.64. The molecule has 0 spiro atoms. The molecule has 0 radical (unpaired) electrons. The highest BCUT2D eigenvalue weighted by molar-refractivity contribution is 5.94. The van der Waals surface area contributed by atoms with Crippen LogP contribution >= 0.6 is 0 Å². The van der Waals surface area contributed by atoms with E-state index in [2.05, 4.69) is 9.97 Å². The third-order valence-electron chi connectivity index (χ3n) is 4.64. The molecule has 1 N–H and O–H groups in total. The fourth-order valence-electron chi connectivity index (χ4n) is 3.36. The van der Waals surface area contributed by atoms with Crippen LogP contribution < -0.4 is 9.64 Å². The molecule has 1 aromatic carbocycles. The van der Waals surface area contributed by atoms with E-state index >= 15 is 0 Å². The minimum absolute atomic E-state index is 0.127. The van der Waals surface area contributed by atoms with Crippen LogP contribution in [0.4, 0.5) is 5.82 Å². The zero-order valence-corrected chi connectivity index (χ0v) is 15.1. The van der Waals surface area contributed by atoms with Crippen molar-refractivity contribution in [3.05, 3.63) is 48.4 Å². The molecule has 0 aliphatic carbocycles. The normalized spacial score (nSPS) is 19.9. The van der Waals surface area contributed by atoms with Crippen molar-refractivity contribution in [1.82, 2.24) is 14.9 Å². The first-order valence-corrected chi connectivity index (χ1v) is 8.64. The molecular formula is C19H24N4O3. The maximum absolute atomic E-state index is 12.6. The number of hydrogen-bond donors (Lipinski definition) is 1. The van der Waals surface area contributed by atoms with Gasteiger partial charge in [-0.1, -0.05) is 0 Å². The lowest BCUT2D eigenvalue weighted by atomic mass is 9.92. The number of rotatable bonds is 5. The van der Waals surface area contributed by atoms with Gasteiger partial charge in [0.1, 0.15) is 11.6 Å². The van der Waals surface area contributed by atoms with Crippen molar-refractivity contribution in [2.75, 3.05) is 38.7 Å². The first kappa shape index (κ1) is 18.1. The SMILES string of the molecule is COc1ccc(C(=O)N(C)CC2(O)CCCN(c3cnccn3)C2)cc1. The van der Waals surface area contributed by atoms with Crippen LogP contribution in [0.5, 0.6) is 5.75 Å². The van der Waals surface area contributed by atoms with Crippen LogP contribution in [0.2, 0.25) is 0 Å². The molecule has 1 atom stereocenters. The average molecular weight is 356 g/mol. The van der Waals surface area contributed by atoms with E-state index in [1.165, 1.54) is 0 Å². The number of nitrogens with zero attached hydrogens (tertiary/aromatic N) is 4. The van der Waals surface area contributed by atoms with Gasteiger partial charge in [-0.25, -0.2) is 4.98 Å². The number of aliphatic hydroxyl groups is 1. The average Bonchev–Trinajstić information content (AvgIpc) is 2.68. The largest absolute Gasteiger partial charge is 0.497 e. The second-order valence-electron chi connectivity index (χ2n) is 6.70. The number of likely N-dealkylation sites (N-methyl/N-ethyl adjacent to an activating group) is 1. The zero-order chi connectivity index (χ0) is 18.6. The molecule has 1 aliphatic heterocycles. The lowest BCUT2D eigenvalue weighted by molar-refractivity contribution is -0.000146. The van der Waals surface area contributed by atoms with Crippen molar-refractivity contribution in [3.8, 4) is 5.75 Å². The highest BCUT2D eigenvalue weighted by atomic mass is 16.5. The molecule has 3 rings (SSSR count). The van der Waals surface area contributed by atoms with Crippen molar-refractivity contribution in [2.45, 2.75) is 18.4 Å². The Labute approximate surface area is 153 Å². The number of aromatic nitrogens is 2. The lowest BCUT2D eigenvalue weighted by Crippen LogP contribution is -2.54. The molecule has 1 aliphatic rings. The van der Waals surface area contributed by atoms with Gasteiger partial charge >= 0.3 is 0 Å². The second kappa shape index (κ2) is 7.70. The molecule has 1 unspecified atom stereocenters. The van der Waals surface area contributed by atoms with Gasteiger partial charge in [0, 0.05) is 38.1 Å². The smallest absolute Gasteiger partial charge is 0.253 e. The van der Waals surface area contributed by atoms with Crippen LogP contribution in [-0.4, -0.2) is 65.3 Å². The van der Waals surface area contributed by atoms with Crippen LogP contribution in [0.25, 0.3) is 0 Å². The standard InChI is InChI=1S/C19H24N4O3/c1-22(18(24)15-4-6-16(26-2)7-5-15)13-19(25)8-3-11-23(14-19)17-12-20-9-10-21-17/h4-7,9-10,12,25H,3,8,11,13-14H2,1-2H3. The van der Waals surface area contributed by atoms with E-state index in [1.807, 2.05) is 4.90 Å². The van der Waals surface area contributed by atoms with E-state index in [4.69, 9.17) is 4.74 Å². The minimum atomic E-state index is -0.980. The molecule has 26 heavy (non-hydrogen) atoms. The number of benzene rings is 1. The monoisotopic (exact) mass is 356 g/mol. The van der Waals surface area contributed by atoms with Gasteiger partial charge in [0.25, 0.3) is 5.91 Å². The van der Waals surface area contributed by atoms with Gasteiger partial charge < -0.3 is 19.6 Å². The quantitative estimate of drug-likeness (QED) is 0.876. The van der Waals surface area contributed by atoms with Crippen molar-refractivity contribution in [2.24, 2.45) is 0 Å². The van der Waals surface area contributed by atoms with Gasteiger partial charge in [0.2, 0.25) is 0 Å². The number of carbonyl (C=O) groups excluding carboxylic acids is 1. The Bertz CT molecular complexity index is 738. The van der Waals surface area contributed by atoms with E-state index < -0.39 is 5.60 Å². The summed E-state index contributed by atoms with van der Waals surface area (Å²) in [6, 6.07) is 6.97. The Morgan fingerprint density at radius 3 is 2.77 bits per heavy atom. The van der Waals surface area contributed by atoms with Crippen LogP contribution in [0.15, 0.2) is 42.9 Å². The molecule has 7 nitrogen and oxygen atoms in total. The molecule has 0 bridgehead atoms. The van der Waals surface area contributed by atoms with Crippen LogP contribution in [0, 0.1) is 0 Å². The van der Waals surface area contributed by atoms with E-state index in [0.717, 1.165) is 18.8 Å². The van der Waals surface area contributed by atoms with Gasteiger partial charge in [-0.3, -0.25) is 9.78 Å². The van der Waals surface area contributed by atoms with E-state index in [1.54, 1.807) is 61.9 Å². The molecule has 0 saturated carbocycles. The molecule has 1 saturated heterocycles. The number of piperidine rings is 1. The van der Waals surface area contributed by atoms with Crippen LogP contribution in [0.1, 0.15) is 23.2 Å². The van der Waals surface area contributed by atoms with Gasteiger partial charge in [0.05, 0.1) is 25.5 Å². The molecule has 138 valence electrons. The highest BCUT2D eigenvalue weighted by Crippen LogP contribution is 2.25. The number of hydrogen-bond acceptors (Lipinski definition) is 6. The van der Waals surface area contributed by atoms with Crippen molar-refractivity contribution in [3.63, 3.8) is 0 Å². The third-order valence-corrected chi connectivity index (χ3v) is 4.64. The van der Waals surface area contributed by atoms with Crippen molar-refractivity contribution in [1.29, 1.82) is 0 Å². The third kappa shape index (κ3) is 4.11. The Hall–Kier alpha value is -2.67. The number of carbonyl (C=O) groups is 1. The summed E-state index contributed by atoms with van der Waals surface area (Å²) in [4.78, 5) is 24.6. The maximum Gasteiger partial charge on any atom is 0.253 e. The summed E-state index contributed by atoms with van der Waals surface area (Å²) in [5, 5.41) is 11.0. The summed E-state index contributed by atoms with van der Waals surface area (Å²) < 4.78 is 5.12. The zero-order valence-electron chi connectivity index (χ0n) is 15.1. The van der Waals surface area contributed by atoms with Gasteiger partial charge in [-0.15, -0.1) is 0 Å².